The Balaban J connectivity index is 1.46. The van der Waals surface area contributed by atoms with E-state index in [1.54, 1.807) is 0 Å². The van der Waals surface area contributed by atoms with Crippen molar-refractivity contribution in [3.63, 3.8) is 0 Å². The summed E-state index contributed by atoms with van der Waals surface area (Å²) in [7, 11) is 0. The minimum atomic E-state index is -0.243. The molecule has 0 aliphatic carbocycles. The van der Waals surface area contributed by atoms with Crippen LogP contribution in [0.1, 0.15) is 33.1 Å². The van der Waals surface area contributed by atoms with Crippen molar-refractivity contribution in [3.05, 3.63) is 53.0 Å². The highest BCUT2D eigenvalue weighted by atomic mass is 79.9. The van der Waals surface area contributed by atoms with E-state index in [0.717, 1.165) is 33.8 Å². The first-order chi connectivity index (χ1) is 14.4. The van der Waals surface area contributed by atoms with E-state index in [9.17, 15) is 9.59 Å². The summed E-state index contributed by atoms with van der Waals surface area (Å²) in [5.74, 6) is -0.172. The molecular weight excluding hydrogens is 462 g/mol. The summed E-state index contributed by atoms with van der Waals surface area (Å²) in [6.45, 7) is 5.86. The molecule has 30 heavy (non-hydrogen) atoms. The molecular formula is C23H28BrN3O2S. The van der Waals surface area contributed by atoms with Gasteiger partial charge in [0.15, 0.2) is 0 Å². The number of halogens is 1. The van der Waals surface area contributed by atoms with E-state index >= 15 is 0 Å². The Bertz CT molecular complexity index is 869. The average Bonchev–Trinajstić information content (AvgIpc) is 3.24. The molecule has 2 aromatic rings. The van der Waals surface area contributed by atoms with Crippen LogP contribution in [0, 0.1) is 0 Å². The smallest absolute Gasteiger partial charge is 0.233 e. The van der Waals surface area contributed by atoms with Crippen LogP contribution in [-0.2, 0) is 9.59 Å². The topological polar surface area (TPSA) is 61.4 Å². The molecule has 3 rings (SSSR count). The second kappa shape index (κ2) is 10.9. The van der Waals surface area contributed by atoms with Gasteiger partial charge >= 0.3 is 0 Å². The van der Waals surface area contributed by atoms with Crippen LogP contribution in [0.3, 0.4) is 0 Å². The van der Waals surface area contributed by atoms with E-state index in [1.807, 2.05) is 56.3 Å². The molecule has 0 aromatic heterocycles. The first-order valence-electron chi connectivity index (χ1n) is 10.3. The van der Waals surface area contributed by atoms with Gasteiger partial charge in [-0.25, -0.2) is 0 Å². The Morgan fingerprint density at radius 2 is 1.80 bits per heavy atom. The lowest BCUT2D eigenvalue weighted by Crippen LogP contribution is -2.39. The van der Waals surface area contributed by atoms with E-state index in [2.05, 4.69) is 37.5 Å². The van der Waals surface area contributed by atoms with Crippen molar-refractivity contribution < 1.29 is 9.59 Å². The van der Waals surface area contributed by atoms with Crippen molar-refractivity contribution in [1.82, 2.24) is 5.32 Å². The van der Waals surface area contributed by atoms with Crippen molar-refractivity contribution in [2.24, 2.45) is 0 Å². The number of anilines is 2. The van der Waals surface area contributed by atoms with Crippen molar-refractivity contribution in [2.75, 3.05) is 23.3 Å². The third-order valence-corrected chi connectivity index (χ3v) is 6.62. The molecule has 160 valence electrons. The number of thioether (sulfide) groups is 1. The van der Waals surface area contributed by atoms with Gasteiger partial charge in [0, 0.05) is 46.3 Å². The molecule has 1 aliphatic heterocycles. The number of rotatable bonds is 8. The summed E-state index contributed by atoms with van der Waals surface area (Å²) >= 11 is 4.91. The second-order valence-electron chi connectivity index (χ2n) is 7.62. The molecule has 7 heteroatoms. The monoisotopic (exact) mass is 489 g/mol. The van der Waals surface area contributed by atoms with E-state index in [-0.39, 0.29) is 29.5 Å². The van der Waals surface area contributed by atoms with Crippen LogP contribution in [0.2, 0.25) is 0 Å². The quantitative estimate of drug-likeness (QED) is 0.508. The van der Waals surface area contributed by atoms with Crippen LogP contribution in [0.5, 0.6) is 0 Å². The zero-order valence-electron chi connectivity index (χ0n) is 17.4. The van der Waals surface area contributed by atoms with Crippen molar-refractivity contribution in [2.45, 2.75) is 49.3 Å². The average molecular weight is 490 g/mol. The highest BCUT2D eigenvalue weighted by molar-refractivity contribution is 9.10. The van der Waals surface area contributed by atoms with Gasteiger partial charge in [-0.1, -0.05) is 22.0 Å². The van der Waals surface area contributed by atoms with E-state index in [4.69, 9.17) is 0 Å². The van der Waals surface area contributed by atoms with Crippen LogP contribution in [-0.4, -0.2) is 36.2 Å². The molecule has 2 aromatic carbocycles. The molecule has 2 N–H and O–H groups in total. The van der Waals surface area contributed by atoms with Gasteiger partial charge in [-0.15, -0.1) is 11.8 Å². The summed E-state index contributed by atoms with van der Waals surface area (Å²) in [5.41, 5.74) is 1.94. The lowest BCUT2D eigenvalue weighted by atomic mass is 10.2. The number of amides is 2. The Morgan fingerprint density at radius 3 is 2.50 bits per heavy atom. The summed E-state index contributed by atoms with van der Waals surface area (Å²) in [5, 5.41) is 5.66. The lowest BCUT2D eigenvalue weighted by Gasteiger charge is -2.19. The molecule has 5 nitrogen and oxygen atoms in total. The molecule has 1 saturated heterocycles. The molecule has 2 unspecified atom stereocenters. The summed E-state index contributed by atoms with van der Waals surface area (Å²) in [4.78, 5) is 28.3. The largest absolute Gasteiger partial charge is 0.371 e. The highest BCUT2D eigenvalue weighted by Crippen LogP contribution is 2.25. The second-order valence-corrected chi connectivity index (χ2v) is 9.95. The molecule has 1 aliphatic rings. The molecule has 1 heterocycles. The Labute approximate surface area is 191 Å². The fourth-order valence-electron chi connectivity index (χ4n) is 3.43. The third kappa shape index (κ3) is 6.77. The molecule has 2 atom stereocenters. The summed E-state index contributed by atoms with van der Waals surface area (Å²) in [6.07, 6.45) is 2.66. The maximum Gasteiger partial charge on any atom is 0.233 e. The maximum absolute atomic E-state index is 12.5. The molecule has 0 radical (unpaired) electrons. The van der Waals surface area contributed by atoms with Gasteiger partial charge in [-0.2, -0.15) is 0 Å². The van der Waals surface area contributed by atoms with Crippen molar-refractivity contribution >= 4 is 50.9 Å². The van der Waals surface area contributed by atoms with Gasteiger partial charge in [0.25, 0.3) is 0 Å². The SMILES string of the molecule is CC(CC(=O)Nc1cccc(N2CCCC2)c1)NC(=O)C(C)Sc1ccc(Br)cc1. The van der Waals surface area contributed by atoms with Gasteiger partial charge < -0.3 is 15.5 Å². The minimum Gasteiger partial charge on any atom is -0.371 e. The predicted molar refractivity (Wildman–Crippen MR) is 128 cm³/mol. The third-order valence-electron chi connectivity index (χ3n) is 4.98. The number of hydrogen-bond donors (Lipinski definition) is 2. The number of carbonyl (C=O) groups excluding carboxylic acids is 2. The molecule has 0 saturated carbocycles. The number of nitrogens with zero attached hydrogens (tertiary/aromatic N) is 1. The zero-order valence-corrected chi connectivity index (χ0v) is 19.8. The molecule has 1 fully saturated rings. The molecule has 0 bridgehead atoms. The van der Waals surface area contributed by atoms with Crippen LogP contribution in [0.4, 0.5) is 11.4 Å². The maximum atomic E-state index is 12.5. The fourth-order valence-corrected chi connectivity index (χ4v) is 4.57. The first-order valence-corrected chi connectivity index (χ1v) is 12.0. The Kier molecular flexibility index (Phi) is 8.22. The van der Waals surface area contributed by atoms with E-state index in [1.165, 1.54) is 24.6 Å². The summed E-state index contributed by atoms with van der Waals surface area (Å²) in [6, 6.07) is 15.6. The summed E-state index contributed by atoms with van der Waals surface area (Å²) < 4.78 is 1.01. The highest BCUT2D eigenvalue weighted by Gasteiger charge is 2.19. The Morgan fingerprint density at radius 1 is 1.10 bits per heavy atom. The number of carbonyl (C=O) groups is 2. The van der Waals surface area contributed by atoms with Gasteiger partial charge in [0.2, 0.25) is 11.8 Å². The van der Waals surface area contributed by atoms with Crippen LogP contribution in [0.25, 0.3) is 0 Å². The predicted octanol–water partition coefficient (Wildman–Crippen LogP) is 5.06. The van der Waals surface area contributed by atoms with Gasteiger partial charge in [-0.05, 0) is 69.2 Å². The van der Waals surface area contributed by atoms with Crippen LogP contribution < -0.4 is 15.5 Å². The minimum absolute atomic E-state index is 0.0701. The van der Waals surface area contributed by atoms with E-state index < -0.39 is 0 Å². The van der Waals surface area contributed by atoms with Crippen LogP contribution >= 0.6 is 27.7 Å². The van der Waals surface area contributed by atoms with Crippen LogP contribution in [0.15, 0.2) is 57.9 Å². The van der Waals surface area contributed by atoms with E-state index in [0.29, 0.717) is 0 Å². The van der Waals surface area contributed by atoms with Crippen molar-refractivity contribution in [3.8, 4) is 0 Å². The van der Waals surface area contributed by atoms with Crippen molar-refractivity contribution in [1.29, 1.82) is 0 Å². The Hall–Kier alpha value is -1.99. The number of benzene rings is 2. The molecule has 0 spiro atoms. The van der Waals surface area contributed by atoms with Gasteiger partial charge in [-0.3, -0.25) is 9.59 Å². The molecule has 2 amide bonds. The zero-order chi connectivity index (χ0) is 21.5. The number of hydrogen-bond acceptors (Lipinski definition) is 4. The standard InChI is InChI=1S/C23H28BrN3O2S/c1-16(25-23(29)17(2)30-21-10-8-18(24)9-11-21)14-22(28)26-19-6-5-7-20(15-19)27-12-3-4-13-27/h5-11,15-17H,3-4,12-14H2,1-2H3,(H,25,29)(H,26,28). The van der Waals surface area contributed by atoms with Gasteiger partial charge in [0.05, 0.1) is 5.25 Å². The number of nitrogens with one attached hydrogen (secondary N) is 2. The normalized spacial score (nSPS) is 15.5. The fraction of sp³-hybridized carbons (Fsp3) is 0.391. The van der Waals surface area contributed by atoms with Gasteiger partial charge in [0.1, 0.15) is 0 Å². The first kappa shape index (κ1) is 22.7. The lowest BCUT2D eigenvalue weighted by molar-refractivity contribution is -0.121.